The van der Waals surface area contributed by atoms with Gasteiger partial charge in [-0.1, -0.05) is 19.3 Å². The number of carbonyl (C=O) groups is 3. The molecule has 1 aliphatic carbocycles. The van der Waals surface area contributed by atoms with Gasteiger partial charge in [-0.2, -0.15) is 0 Å². The molecule has 0 unspecified atom stereocenters. The van der Waals surface area contributed by atoms with Crippen LogP contribution in [0.15, 0.2) is 24.3 Å². The third-order valence-corrected chi connectivity index (χ3v) is 4.45. The normalized spacial score (nSPS) is 15.7. The second-order valence-corrected chi connectivity index (χ2v) is 6.79. The van der Waals surface area contributed by atoms with E-state index in [1.165, 1.54) is 13.3 Å². The van der Waals surface area contributed by atoms with Gasteiger partial charge in [0.2, 0.25) is 0 Å². The first-order chi connectivity index (χ1) is 12.4. The molecule has 0 heterocycles. The summed E-state index contributed by atoms with van der Waals surface area (Å²) in [6.07, 6.45) is 4.14. The number of amides is 3. The number of nitrogens with zero attached hydrogens (tertiary/aromatic N) is 1. The zero-order chi connectivity index (χ0) is 19.1. The summed E-state index contributed by atoms with van der Waals surface area (Å²) in [6, 6.07) is 6.42. The van der Waals surface area contributed by atoms with E-state index < -0.39 is 24.0 Å². The Morgan fingerprint density at radius 3 is 2.27 bits per heavy atom. The molecule has 26 heavy (non-hydrogen) atoms. The summed E-state index contributed by atoms with van der Waals surface area (Å²) < 4.78 is 5.14. The lowest BCUT2D eigenvalue weighted by Crippen LogP contribution is -2.48. The van der Waals surface area contributed by atoms with E-state index in [9.17, 15) is 14.4 Å². The first kappa shape index (κ1) is 19.8. The Morgan fingerprint density at radius 2 is 1.69 bits per heavy atom. The number of esters is 1. The Morgan fingerprint density at radius 1 is 1.08 bits per heavy atom. The molecule has 0 bridgehead atoms. The SMILES string of the molecule is C[C@@H](OC(=O)c1ccc(N(C)C)cc1)C(=O)NC(=O)NC1CCCCC1. The maximum atomic E-state index is 12.1. The van der Waals surface area contributed by atoms with Gasteiger partial charge in [-0.25, -0.2) is 9.59 Å². The molecule has 0 spiro atoms. The number of carbonyl (C=O) groups excluding carboxylic acids is 3. The van der Waals surface area contributed by atoms with Gasteiger partial charge in [0.05, 0.1) is 5.56 Å². The van der Waals surface area contributed by atoms with Gasteiger partial charge in [0.15, 0.2) is 6.10 Å². The predicted octanol–water partition coefficient (Wildman–Crippen LogP) is 2.46. The van der Waals surface area contributed by atoms with E-state index in [1.807, 2.05) is 19.0 Å². The van der Waals surface area contributed by atoms with E-state index in [-0.39, 0.29) is 6.04 Å². The second kappa shape index (κ2) is 9.22. The Hall–Kier alpha value is -2.57. The van der Waals surface area contributed by atoms with E-state index in [0.717, 1.165) is 31.4 Å². The van der Waals surface area contributed by atoms with E-state index in [4.69, 9.17) is 4.74 Å². The zero-order valence-corrected chi connectivity index (χ0v) is 15.6. The minimum atomic E-state index is -1.06. The average Bonchev–Trinajstić information content (AvgIpc) is 2.62. The van der Waals surface area contributed by atoms with Crippen molar-refractivity contribution in [3.8, 4) is 0 Å². The molecular weight excluding hydrogens is 334 g/mol. The van der Waals surface area contributed by atoms with Crippen LogP contribution in [0.2, 0.25) is 0 Å². The third kappa shape index (κ3) is 5.75. The maximum absolute atomic E-state index is 12.1. The summed E-state index contributed by atoms with van der Waals surface area (Å²) in [4.78, 5) is 38.0. The van der Waals surface area contributed by atoms with Crippen LogP contribution in [0.3, 0.4) is 0 Å². The number of ether oxygens (including phenoxy) is 1. The average molecular weight is 361 g/mol. The molecule has 0 aliphatic heterocycles. The smallest absolute Gasteiger partial charge is 0.338 e. The summed E-state index contributed by atoms with van der Waals surface area (Å²) >= 11 is 0. The molecule has 7 heteroatoms. The highest BCUT2D eigenvalue weighted by molar-refractivity contribution is 5.98. The summed E-state index contributed by atoms with van der Waals surface area (Å²) in [7, 11) is 3.80. The van der Waals surface area contributed by atoms with Crippen LogP contribution in [-0.2, 0) is 9.53 Å². The van der Waals surface area contributed by atoms with Crippen molar-refractivity contribution in [1.29, 1.82) is 0 Å². The van der Waals surface area contributed by atoms with E-state index in [2.05, 4.69) is 10.6 Å². The summed E-state index contributed by atoms with van der Waals surface area (Å²) in [5, 5.41) is 5.03. The van der Waals surface area contributed by atoms with Gasteiger partial charge in [0.25, 0.3) is 5.91 Å². The highest BCUT2D eigenvalue weighted by atomic mass is 16.5. The van der Waals surface area contributed by atoms with E-state index in [1.54, 1.807) is 24.3 Å². The van der Waals surface area contributed by atoms with Crippen molar-refractivity contribution in [1.82, 2.24) is 10.6 Å². The lowest BCUT2D eigenvalue weighted by Gasteiger charge is -2.23. The molecule has 1 aliphatic rings. The zero-order valence-electron chi connectivity index (χ0n) is 15.6. The Bertz CT molecular complexity index is 637. The quantitative estimate of drug-likeness (QED) is 0.787. The molecule has 2 N–H and O–H groups in total. The molecule has 1 saturated carbocycles. The highest BCUT2D eigenvalue weighted by Gasteiger charge is 2.22. The molecule has 2 rings (SSSR count). The fourth-order valence-electron chi connectivity index (χ4n) is 2.86. The lowest BCUT2D eigenvalue weighted by molar-refractivity contribution is -0.127. The van der Waals surface area contributed by atoms with Crippen LogP contribution < -0.4 is 15.5 Å². The molecular formula is C19H27N3O4. The minimum absolute atomic E-state index is 0.101. The van der Waals surface area contributed by atoms with Crippen LogP contribution in [-0.4, -0.2) is 44.1 Å². The molecule has 7 nitrogen and oxygen atoms in total. The van der Waals surface area contributed by atoms with E-state index >= 15 is 0 Å². The summed E-state index contributed by atoms with van der Waals surface area (Å²) in [5.74, 6) is -1.25. The van der Waals surface area contributed by atoms with Crippen LogP contribution in [0.1, 0.15) is 49.4 Å². The lowest BCUT2D eigenvalue weighted by atomic mass is 9.96. The molecule has 0 saturated heterocycles. The number of imide groups is 1. The van der Waals surface area contributed by atoms with Crippen molar-refractivity contribution < 1.29 is 19.1 Å². The number of hydrogen-bond donors (Lipinski definition) is 2. The third-order valence-electron chi connectivity index (χ3n) is 4.45. The predicted molar refractivity (Wildman–Crippen MR) is 99.2 cm³/mol. The standard InChI is InChI=1S/C19H27N3O4/c1-13(17(23)21-19(25)20-15-7-5-4-6-8-15)26-18(24)14-9-11-16(12-10-14)22(2)3/h9-13,15H,4-8H2,1-3H3,(H2,20,21,23,25)/t13-/m1/s1. The van der Waals surface area contributed by atoms with Gasteiger partial charge in [0.1, 0.15) is 0 Å². The molecule has 1 atom stereocenters. The van der Waals surface area contributed by atoms with Crippen LogP contribution in [0.4, 0.5) is 10.5 Å². The second-order valence-electron chi connectivity index (χ2n) is 6.79. The maximum Gasteiger partial charge on any atom is 0.338 e. The van der Waals surface area contributed by atoms with Crippen LogP contribution >= 0.6 is 0 Å². The van der Waals surface area contributed by atoms with Crippen LogP contribution in [0.25, 0.3) is 0 Å². The largest absolute Gasteiger partial charge is 0.449 e. The number of nitrogens with one attached hydrogen (secondary N) is 2. The fraction of sp³-hybridized carbons (Fsp3) is 0.526. The first-order valence-electron chi connectivity index (χ1n) is 8.96. The van der Waals surface area contributed by atoms with Gasteiger partial charge in [-0.3, -0.25) is 10.1 Å². The Kier molecular flexibility index (Phi) is 7.00. The van der Waals surface area contributed by atoms with Crippen molar-refractivity contribution in [2.75, 3.05) is 19.0 Å². The number of urea groups is 1. The molecule has 0 radical (unpaired) electrons. The summed E-state index contributed by atoms with van der Waals surface area (Å²) in [6.45, 7) is 1.44. The number of rotatable bonds is 5. The highest BCUT2D eigenvalue weighted by Crippen LogP contribution is 2.17. The number of hydrogen-bond acceptors (Lipinski definition) is 5. The van der Waals surface area contributed by atoms with Gasteiger partial charge in [-0.05, 0) is 44.0 Å². The minimum Gasteiger partial charge on any atom is -0.449 e. The molecule has 1 fully saturated rings. The van der Waals surface area contributed by atoms with Crippen molar-refractivity contribution in [2.45, 2.75) is 51.2 Å². The molecule has 142 valence electrons. The molecule has 1 aromatic rings. The topological polar surface area (TPSA) is 87.7 Å². The van der Waals surface area contributed by atoms with Gasteiger partial charge in [-0.15, -0.1) is 0 Å². The van der Waals surface area contributed by atoms with Crippen LogP contribution in [0.5, 0.6) is 0 Å². The van der Waals surface area contributed by atoms with Crippen molar-refractivity contribution in [3.05, 3.63) is 29.8 Å². The Labute approximate surface area is 154 Å². The molecule has 3 amide bonds. The van der Waals surface area contributed by atoms with Gasteiger partial charge in [0, 0.05) is 25.8 Å². The van der Waals surface area contributed by atoms with Crippen LogP contribution in [0, 0.1) is 0 Å². The monoisotopic (exact) mass is 361 g/mol. The van der Waals surface area contributed by atoms with Gasteiger partial charge < -0.3 is 15.0 Å². The van der Waals surface area contributed by atoms with Crippen molar-refractivity contribution in [3.63, 3.8) is 0 Å². The summed E-state index contributed by atoms with van der Waals surface area (Å²) in [5.41, 5.74) is 1.30. The molecule has 1 aromatic carbocycles. The first-order valence-corrected chi connectivity index (χ1v) is 8.96. The van der Waals surface area contributed by atoms with E-state index in [0.29, 0.717) is 5.56 Å². The Balaban J connectivity index is 1.81. The number of anilines is 1. The van der Waals surface area contributed by atoms with Gasteiger partial charge >= 0.3 is 12.0 Å². The van der Waals surface area contributed by atoms with Crippen molar-refractivity contribution >= 4 is 23.6 Å². The number of benzene rings is 1. The van der Waals surface area contributed by atoms with Crippen molar-refractivity contribution in [2.24, 2.45) is 0 Å². The fourth-order valence-corrected chi connectivity index (χ4v) is 2.86. The molecule has 0 aromatic heterocycles.